The number of hydrogen-bond donors (Lipinski definition) is 1. The van der Waals surface area contributed by atoms with Crippen LogP contribution in [0.15, 0.2) is 70.5 Å². The van der Waals surface area contributed by atoms with Gasteiger partial charge in [-0.2, -0.15) is 0 Å². The lowest BCUT2D eigenvalue weighted by Gasteiger charge is -2.31. The highest BCUT2D eigenvalue weighted by atomic mass is 32.2. The van der Waals surface area contributed by atoms with Crippen LogP contribution in [0.5, 0.6) is 0 Å². The number of aryl methyl sites for hydroxylation is 3. The average Bonchev–Trinajstić information content (AvgIpc) is 2.75. The van der Waals surface area contributed by atoms with Crippen molar-refractivity contribution in [2.45, 2.75) is 36.5 Å². The fourth-order valence-electron chi connectivity index (χ4n) is 3.69. The molecule has 0 spiro atoms. The SMILES string of the molecule is Cc1ccc(S(=O)(=O)N2CCCc3ccc(NS(=O)(=O)c4ccc(F)c(C)c4)cc32)cc1. The molecular weight excluding hydrogens is 451 g/mol. The molecule has 0 atom stereocenters. The summed E-state index contributed by atoms with van der Waals surface area (Å²) in [6, 6.07) is 15.1. The molecule has 32 heavy (non-hydrogen) atoms. The van der Waals surface area contributed by atoms with Gasteiger partial charge in [0, 0.05) is 6.54 Å². The van der Waals surface area contributed by atoms with E-state index in [0.717, 1.165) is 17.2 Å². The summed E-state index contributed by atoms with van der Waals surface area (Å²) in [5, 5.41) is 0. The van der Waals surface area contributed by atoms with Crippen LogP contribution < -0.4 is 9.03 Å². The number of nitrogens with one attached hydrogen (secondary N) is 1. The maximum absolute atomic E-state index is 13.5. The lowest BCUT2D eigenvalue weighted by molar-refractivity contribution is 0.586. The molecule has 6 nitrogen and oxygen atoms in total. The van der Waals surface area contributed by atoms with Crippen LogP contribution in [0.2, 0.25) is 0 Å². The smallest absolute Gasteiger partial charge is 0.264 e. The Hall–Kier alpha value is -2.91. The van der Waals surface area contributed by atoms with Crippen LogP contribution in [-0.4, -0.2) is 23.4 Å². The zero-order valence-electron chi connectivity index (χ0n) is 17.7. The Bertz CT molecular complexity index is 1390. The minimum absolute atomic E-state index is 0.0711. The summed E-state index contributed by atoms with van der Waals surface area (Å²) in [6.07, 6.45) is 1.36. The number of anilines is 2. The Morgan fingerprint density at radius 2 is 1.56 bits per heavy atom. The number of sulfonamides is 2. The first-order valence-electron chi connectivity index (χ1n) is 10.1. The quantitative estimate of drug-likeness (QED) is 0.595. The van der Waals surface area contributed by atoms with Gasteiger partial charge in [-0.1, -0.05) is 23.8 Å². The Morgan fingerprint density at radius 3 is 2.25 bits per heavy atom. The highest BCUT2D eigenvalue weighted by Crippen LogP contribution is 2.35. The minimum atomic E-state index is -3.97. The van der Waals surface area contributed by atoms with Crippen molar-refractivity contribution in [1.29, 1.82) is 0 Å². The van der Waals surface area contributed by atoms with Crippen LogP contribution in [0.4, 0.5) is 15.8 Å². The molecule has 168 valence electrons. The van der Waals surface area contributed by atoms with E-state index in [-0.39, 0.29) is 21.0 Å². The Kier molecular flexibility index (Phi) is 5.72. The number of hydrogen-bond acceptors (Lipinski definition) is 4. The Balaban J connectivity index is 1.70. The molecule has 1 heterocycles. The van der Waals surface area contributed by atoms with E-state index in [9.17, 15) is 21.2 Å². The summed E-state index contributed by atoms with van der Waals surface area (Å²) in [4.78, 5) is 0.113. The van der Waals surface area contributed by atoms with E-state index in [4.69, 9.17) is 0 Å². The monoisotopic (exact) mass is 474 g/mol. The molecule has 0 saturated heterocycles. The van der Waals surface area contributed by atoms with Gasteiger partial charge in [-0.15, -0.1) is 0 Å². The summed E-state index contributed by atoms with van der Waals surface area (Å²) < 4.78 is 69.6. The summed E-state index contributed by atoms with van der Waals surface area (Å²) in [7, 11) is -7.77. The van der Waals surface area contributed by atoms with Crippen LogP contribution in [0.25, 0.3) is 0 Å². The summed E-state index contributed by atoms with van der Waals surface area (Å²) in [5.41, 5.74) is 2.68. The molecule has 9 heteroatoms. The van der Waals surface area contributed by atoms with Crippen LogP contribution in [0.3, 0.4) is 0 Å². The summed E-state index contributed by atoms with van der Waals surface area (Å²) >= 11 is 0. The molecule has 0 aliphatic carbocycles. The molecule has 3 aromatic rings. The van der Waals surface area contributed by atoms with Gasteiger partial charge in [0.2, 0.25) is 0 Å². The van der Waals surface area contributed by atoms with Gasteiger partial charge in [0.1, 0.15) is 5.82 Å². The van der Waals surface area contributed by atoms with Crippen molar-refractivity contribution in [3.8, 4) is 0 Å². The Morgan fingerprint density at radius 1 is 0.875 bits per heavy atom. The molecule has 1 N–H and O–H groups in total. The van der Waals surface area contributed by atoms with Crippen molar-refractivity contribution >= 4 is 31.4 Å². The molecule has 0 unspecified atom stereocenters. The molecule has 0 radical (unpaired) electrons. The molecule has 1 aliphatic heterocycles. The van der Waals surface area contributed by atoms with E-state index < -0.39 is 25.9 Å². The first-order valence-corrected chi connectivity index (χ1v) is 13.0. The molecule has 3 aromatic carbocycles. The van der Waals surface area contributed by atoms with Gasteiger partial charge in [0.25, 0.3) is 20.0 Å². The van der Waals surface area contributed by atoms with Gasteiger partial charge in [-0.3, -0.25) is 9.03 Å². The van der Waals surface area contributed by atoms with E-state index in [1.54, 1.807) is 36.4 Å². The molecule has 1 aliphatic rings. The predicted octanol–water partition coefficient (Wildman–Crippen LogP) is 4.38. The third-order valence-corrected chi connectivity index (χ3v) is 8.67. The standard InChI is InChI=1S/C23H23FN2O4S2/c1-16-5-9-20(10-6-16)32(29,30)26-13-3-4-18-7-8-19(15-23(18)26)25-31(27,28)21-11-12-22(24)17(2)14-21/h5-12,14-15,25H,3-4,13H2,1-2H3. The molecule has 0 saturated carbocycles. The Labute approximate surface area is 187 Å². The average molecular weight is 475 g/mol. The number of halogens is 1. The zero-order chi connectivity index (χ0) is 23.1. The topological polar surface area (TPSA) is 83.6 Å². The van der Waals surface area contributed by atoms with Gasteiger partial charge in [0.15, 0.2) is 0 Å². The molecule has 0 aromatic heterocycles. The number of fused-ring (bicyclic) bond motifs is 1. The maximum Gasteiger partial charge on any atom is 0.264 e. The van der Waals surface area contributed by atoms with Crippen molar-refractivity contribution in [3.63, 3.8) is 0 Å². The lowest BCUT2D eigenvalue weighted by atomic mass is 10.0. The first kappa shape index (κ1) is 22.3. The number of nitrogens with zero attached hydrogens (tertiary/aromatic N) is 1. The normalized spacial score (nSPS) is 14.2. The van der Waals surface area contributed by atoms with E-state index in [0.29, 0.717) is 25.1 Å². The van der Waals surface area contributed by atoms with Crippen molar-refractivity contribution in [2.75, 3.05) is 15.6 Å². The number of rotatable bonds is 5. The molecule has 0 amide bonds. The fourth-order valence-corrected chi connectivity index (χ4v) is 6.36. The zero-order valence-corrected chi connectivity index (χ0v) is 19.3. The van der Waals surface area contributed by atoms with E-state index in [1.807, 2.05) is 6.92 Å². The van der Waals surface area contributed by atoms with E-state index >= 15 is 0 Å². The van der Waals surface area contributed by atoms with Crippen molar-refractivity contribution < 1.29 is 21.2 Å². The first-order chi connectivity index (χ1) is 15.1. The maximum atomic E-state index is 13.5. The van der Waals surface area contributed by atoms with Crippen molar-refractivity contribution in [2.24, 2.45) is 0 Å². The molecule has 0 bridgehead atoms. The third kappa shape index (κ3) is 4.22. The third-order valence-electron chi connectivity index (χ3n) is 5.46. The fraction of sp³-hybridized carbons (Fsp3) is 0.217. The van der Waals surface area contributed by atoms with Gasteiger partial charge in [0.05, 0.1) is 21.2 Å². The van der Waals surface area contributed by atoms with Crippen LogP contribution in [0, 0.1) is 19.7 Å². The number of benzene rings is 3. The predicted molar refractivity (Wildman–Crippen MR) is 122 cm³/mol. The highest BCUT2D eigenvalue weighted by Gasteiger charge is 2.29. The van der Waals surface area contributed by atoms with Gasteiger partial charge in [-0.05, 0) is 80.3 Å². The van der Waals surface area contributed by atoms with E-state index in [2.05, 4.69) is 4.72 Å². The van der Waals surface area contributed by atoms with Gasteiger partial charge in [-0.25, -0.2) is 21.2 Å². The largest absolute Gasteiger partial charge is 0.280 e. The minimum Gasteiger partial charge on any atom is -0.280 e. The van der Waals surface area contributed by atoms with Crippen LogP contribution in [0.1, 0.15) is 23.1 Å². The van der Waals surface area contributed by atoms with Crippen LogP contribution in [-0.2, 0) is 26.5 Å². The van der Waals surface area contributed by atoms with Gasteiger partial charge < -0.3 is 0 Å². The lowest BCUT2D eigenvalue weighted by Crippen LogP contribution is -2.35. The van der Waals surface area contributed by atoms with Crippen molar-refractivity contribution in [3.05, 3.63) is 83.2 Å². The van der Waals surface area contributed by atoms with Crippen molar-refractivity contribution in [1.82, 2.24) is 0 Å². The summed E-state index contributed by atoms with van der Waals surface area (Å²) in [6.45, 7) is 3.67. The molecule has 4 rings (SSSR count). The van der Waals surface area contributed by atoms with Crippen LogP contribution >= 0.6 is 0 Å². The molecular formula is C23H23FN2O4S2. The van der Waals surface area contributed by atoms with Gasteiger partial charge >= 0.3 is 0 Å². The molecule has 0 fully saturated rings. The second kappa shape index (κ2) is 8.22. The highest BCUT2D eigenvalue weighted by molar-refractivity contribution is 7.93. The van der Waals surface area contributed by atoms with E-state index in [1.165, 1.54) is 29.4 Å². The summed E-state index contributed by atoms with van der Waals surface area (Å²) in [5.74, 6) is -0.491. The second-order valence-corrected chi connectivity index (χ2v) is 11.4. The second-order valence-electron chi connectivity index (χ2n) is 7.85.